The molecule has 1 N–H and O–H groups in total. The van der Waals surface area contributed by atoms with Gasteiger partial charge in [-0.2, -0.15) is 5.10 Å². The molecule has 0 fully saturated rings. The van der Waals surface area contributed by atoms with E-state index in [2.05, 4.69) is 15.4 Å². The summed E-state index contributed by atoms with van der Waals surface area (Å²) in [6.45, 7) is -0.256. The maximum atomic E-state index is 12.6. The van der Waals surface area contributed by atoms with E-state index in [1.54, 1.807) is 36.4 Å². The van der Waals surface area contributed by atoms with E-state index in [4.69, 9.17) is 16.3 Å². The Labute approximate surface area is 159 Å². The maximum absolute atomic E-state index is 12.6. The van der Waals surface area contributed by atoms with Gasteiger partial charge < -0.3 is 10.1 Å². The van der Waals surface area contributed by atoms with Gasteiger partial charge in [0.1, 0.15) is 24.9 Å². The highest BCUT2D eigenvalue weighted by Crippen LogP contribution is 2.31. The molecule has 0 spiro atoms. The second-order valence-electron chi connectivity index (χ2n) is 5.79. The Morgan fingerprint density at radius 3 is 2.89 bits per heavy atom. The molecule has 0 saturated carbocycles. The molecule has 8 nitrogen and oxygen atoms in total. The molecule has 0 saturated heterocycles. The summed E-state index contributed by atoms with van der Waals surface area (Å²) in [4.78, 5) is 30.2. The standard InChI is InChI=1S/C18H14ClN5O3/c19-12-5-6-14(24-11-20-10-21-24)13(7-12)22-17(25)8-23-15-3-1-2-4-16(15)27-9-18(23)26/h1-7,10-11H,8-9H2,(H,22,25). The molecule has 0 radical (unpaired) electrons. The van der Waals surface area contributed by atoms with Crippen LogP contribution < -0.4 is 15.0 Å². The Balaban J connectivity index is 1.57. The molecule has 1 aromatic heterocycles. The van der Waals surface area contributed by atoms with E-state index in [1.165, 1.54) is 22.2 Å². The smallest absolute Gasteiger partial charge is 0.265 e. The number of hydrogen-bond donors (Lipinski definition) is 1. The van der Waals surface area contributed by atoms with Crippen molar-refractivity contribution in [2.24, 2.45) is 0 Å². The third-order valence-electron chi connectivity index (χ3n) is 4.01. The Morgan fingerprint density at radius 2 is 2.07 bits per heavy atom. The van der Waals surface area contributed by atoms with Crippen LogP contribution >= 0.6 is 11.6 Å². The summed E-state index contributed by atoms with van der Waals surface area (Å²) in [7, 11) is 0. The Morgan fingerprint density at radius 1 is 1.22 bits per heavy atom. The third kappa shape index (κ3) is 3.47. The summed E-state index contributed by atoms with van der Waals surface area (Å²) in [5.41, 5.74) is 1.64. The van der Waals surface area contributed by atoms with Crippen LogP contribution in [0.5, 0.6) is 5.75 Å². The molecule has 0 unspecified atom stereocenters. The lowest BCUT2D eigenvalue weighted by Crippen LogP contribution is -2.43. The number of amides is 2. The van der Waals surface area contributed by atoms with Gasteiger partial charge in [-0.1, -0.05) is 23.7 Å². The van der Waals surface area contributed by atoms with E-state index < -0.39 is 0 Å². The summed E-state index contributed by atoms with van der Waals surface area (Å²) in [5, 5.41) is 7.32. The number of carbonyl (C=O) groups is 2. The number of halogens is 1. The zero-order valence-electron chi connectivity index (χ0n) is 14.0. The average Bonchev–Trinajstić information content (AvgIpc) is 3.19. The second-order valence-corrected chi connectivity index (χ2v) is 6.22. The molecule has 1 aliphatic heterocycles. The first kappa shape index (κ1) is 17.0. The summed E-state index contributed by atoms with van der Waals surface area (Å²) >= 11 is 6.07. The number of rotatable bonds is 4. The maximum Gasteiger partial charge on any atom is 0.265 e. The summed E-state index contributed by atoms with van der Waals surface area (Å²) in [5.74, 6) is -0.0916. The number of benzene rings is 2. The van der Waals surface area contributed by atoms with E-state index in [1.807, 2.05) is 6.07 Å². The Bertz CT molecular complexity index is 1010. The van der Waals surface area contributed by atoms with Crippen LogP contribution in [0.2, 0.25) is 5.02 Å². The van der Waals surface area contributed by atoms with Crippen molar-refractivity contribution in [3.63, 3.8) is 0 Å². The molecule has 4 rings (SSSR count). The minimum Gasteiger partial charge on any atom is -0.482 e. The molecule has 0 aliphatic carbocycles. The number of hydrogen-bond acceptors (Lipinski definition) is 5. The number of ether oxygens (including phenoxy) is 1. The molecule has 2 amide bonds. The minimum atomic E-state index is -0.372. The number of fused-ring (bicyclic) bond motifs is 1. The van der Waals surface area contributed by atoms with Gasteiger partial charge in [0.25, 0.3) is 5.91 Å². The summed E-state index contributed by atoms with van der Waals surface area (Å²) in [6, 6.07) is 12.1. The van der Waals surface area contributed by atoms with Crippen molar-refractivity contribution in [3.05, 3.63) is 60.1 Å². The Kier molecular flexibility index (Phi) is 4.47. The molecule has 27 heavy (non-hydrogen) atoms. The van der Waals surface area contributed by atoms with Crippen molar-refractivity contribution in [1.82, 2.24) is 14.8 Å². The molecule has 2 aromatic carbocycles. The normalized spacial score (nSPS) is 13.1. The predicted octanol–water partition coefficient (Wildman–Crippen LogP) is 2.28. The minimum absolute atomic E-state index is 0.105. The molecule has 2 heterocycles. The monoisotopic (exact) mass is 383 g/mol. The average molecular weight is 384 g/mol. The number of aromatic nitrogens is 3. The van der Waals surface area contributed by atoms with Crippen molar-refractivity contribution >= 4 is 34.8 Å². The van der Waals surface area contributed by atoms with E-state index in [0.29, 0.717) is 27.8 Å². The summed E-state index contributed by atoms with van der Waals surface area (Å²) in [6.07, 6.45) is 2.91. The highest BCUT2D eigenvalue weighted by atomic mass is 35.5. The molecule has 9 heteroatoms. The van der Waals surface area contributed by atoms with Crippen molar-refractivity contribution in [3.8, 4) is 11.4 Å². The van der Waals surface area contributed by atoms with Gasteiger partial charge in [-0.25, -0.2) is 9.67 Å². The van der Waals surface area contributed by atoms with Gasteiger partial charge >= 0.3 is 0 Å². The molecule has 3 aromatic rings. The lowest BCUT2D eigenvalue weighted by atomic mass is 10.2. The van der Waals surface area contributed by atoms with Crippen LogP contribution in [0, 0.1) is 0 Å². The number of para-hydroxylation sites is 2. The van der Waals surface area contributed by atoms with Crippen LogP contribution in [0.3, 0.4) is 0 Å². The van der Waals surface area contributed by atoms with Gasteiger partial charge in [-0.15, -0.1) is 0 Å². The van der Waals surface area contributed by atoms with Crippen LogP contribution in [-0.4, -0.2) is 39.7 Å². The van der Waals surface area contributed by atoms with Crippen LogP contribution in [0.1, 0.15) is 0 Å². The zero-order chi connectivity index (χ0) is 18.8. The van der Waals surface area contributed by atoms with Crippen molar-refractivity contribution in [1.29, 1.82) is 0 Å². The zero-order valence-corrected chi connectivity index (χ0v) is 14.8. The van der Waals surface area contributed by atoms with Gasteiger partial charge in [0.15, 0.2) is 6.61 Å². The first-order chi connectivity index (χ1) is 13.1. The number of nitrogens with zero attached hydrogens (tertiary/aromatic N) is 4. The molecule has 0 atom stereocenters. The first-order valence-corrected chi connectivity index (χ1v) is 8.46. The second kappa shape index (κ2) is 7.08. The SMILES string of the molecule is O=C(CN1C(=O)COc2ccccc21)Nc1cc(Cl)ccc1-n1cncn1. The lowest BCUT2D eigenvalue weighted by molar-refractivity contribution is -0.123. The van der Waals surface area contributed by atoms with Crippen LogP contribution in [-0.2, 0) is 9.59 Å². The van der Waals surface area contributed by atoms with E-state index in [0.717, 1.165) is 0 Å². The molecular weight excluding hydrogens is 370 g/mol. The fourth-order valence-electron chi connectivity index (χ4n) is 2.80. The quantitative estimate of drug-likeness (QED) is 0.746. The molecule has 136 valence electrons. The van der Waals surface area contributed by atoms with Crippen LogP contribution in [0.15, 0.2) is 55.1 Å². The third-order valence-corrected chi connectivity index (χ3v) is 4.24. The molecular formula is C18H14ClN5O3. The molecule has 0 bridgehead atoms. The van der Waals surface area contributed by atoms with Crippen molar-refractivity contribution < 1.29 is 14.3 Å². The van der Waals surface area contributed by atoms with E-state index in [9.17, 15) is 9.59 Å². The first-order valence-electron chi connectivity index (χ1n) is 8.08. The van der Waals surface area contributed by atoms with E-state index in [-0.39, 0.29) is 25.0 Å². The highest BCUT2D eigenvalue weighted by Gasteiger charge is 2.27. The molecule has 1 aliphatic rings. The van der Waals surface area contributed by atoms with Crippen molar-refractivity contribution in [2.75, 3.05) is 23.4 Å². The largest absolute Gasteiger partial charge is 0.482 e. The number of carbonyl (C=O) groups excluding carboxylic acids is 2. The topological polar surface area (TPSA) is 89.4 Å². The summed E-state index contributed by atoms with van der Waals surface area (Å²) < 4.78 is 6.91. The van der Waals surface area contributed by atoms with Gasteiger partial charge in [0, 0.05) is 5.02 Å². The number of nitrogens with one attached hydrogen (secondary N) is 1. The fourth-order valence-corrected chi connectivity index (χ4v) is 2.97. The van der Waals surface area contributed by atoms with Gasteiger partial charge in [0.05, 0.1) is 17.1 Å². The van der Waals surface area contributed by atoms with Gasteiger partial charge in [0.2, 0.25) is 5.91 Å². The highest BCUT2D eigenvalue weighted by molar-refractivity contribution is 6.31. The number of anilines is 2. The predicted molar refractivity (Wildman–Crippen MR) is 99.3 cm³/mol. The fraction of sp³-hybridized carbons (Fsp3) is 0.111. The lowest BCUT2D eigenvalue weighted by Gasteiger charge is -2.28. The van der Waals surface area contributed by atoms with Gasteiger partial charge in [-0.05, 0) is 30.3 Å². The van der Waals surface area contributed by atoms with Gasteiger partial charge in [-0.3, -0.25) is 14.5 Å². The van der Waals surface area contributed by atoms with Crippen LogP contribution in [0.25, 0.3) is 5.69 Å². The van der Waals surface area contributed by atoms with Crippen molar-refractivity contribution in [2.45, 2.75) is 0 Å². The van der Waals surface area contributed by atoms with Crippen LogP contribution in [0.4, 0.5) is 11.4 Å². The Hall–Kier alpha value is -3.39. The van der Waals surface area contributed by atoms with E-state index >= 15 is 0 Å².